The SMILES string of the molecule is CN(C)Cc1ccc(CN(C)C(=O)Nc2cccc(C#N)c2)cc1. The van der Waals surface area contributed by atoms with E-state index in [1.165, 1.54) is 5.56 Å². The first-order valence-corrected chi connectivity index (χ1v) is 7.73. The molecule has 0 bridgehead atoms. The zero-order valence-electron chi connectivity index (χ0n) is 14.3. The van der Waals surface area contributed by atoms with Gasteiger partial charge in [-0.1, -0.05) is 30.3 Å². The van der Waals surface area contributed by atoms with Gasteiger partial charge in [-0.3, -0.25) is 0 Å². The molecule has 0 fully saturated rings. The first-order valence-electron chi connectivity index (χ1n) is 7.73. The van der Waals surface area contributed by atoms with Gasteiger partial charge < -0.3 is 15.1 Å². The summed E-state index contributed by atoms with van der Waals surface area (Å²) in [6.45, 7) is 1.41. The molecular formula is C19H22N4O. The second-order valence-corrected chi connectivity index (χ2v) is 6.03. The fraction of sp³-hybridized carbons (Fsp3) is 0.263. The number of benzene rings is 2. The van der Waals surface area contributed by atoms with Gasteiger partial charge in [-0.2, -0.15) is 5.26 Å². The quantitative estimate of drug-likeness (QED) is 0.919. The zero-order valence-corrected chi connectivity index (χ0v) is 14.3. The molecule has 0 aliphatic rings. The standard InChI is InChI=1S/C19H22N4O/c1-22(2)13-15-7-9-16(10-8-15)14-23(3)19(24)21-18-6-4-5-17(11-18)12-20/h4-11H,13-14H2,1-3H3,(H,21,24). The van der Waals surface area contributed by atoms with Gasteiger partial charge in [0.1, 0.15) is 0 Å². The molecule has 0 unspecified atom stereocenters. The molecule has 0 spiro atoms. The first-order chi connectivity index (χ1) is 11.5. The van der Waals surface area contributed by atoms with E-state index >= 15 is 0 Å². The van der Waals surface area contributed by atoms with Crippen molar-refractivity contribution in [3.05, 3.63) is 65.2 Å². The lowest BCUT2D eigenvalue weighted by molar-refractivity contribution is 0.220. The fourth-order valence-electron chi connectivity index (χ4n) is 2.35. The van der Waals surface area contributed by atoms with Crippen LogP contribution in [0.25, 0.3) is 0 Å². The number of hydrogen-bond acceptors (Lipinski definition) is 3. The Hall–Kier alpha value is -2.84. The number of rotatable bonds is 5. The number of nitrogens with zero attached hydrogens (tertiary/aromatic N) is 3. The number of carbonyl (C=O) groups is 1. The number of nitrogens with one attached hydrogen (secondary N) is 1. The number of nitriles is 1. The zero-order chi connectivity index (χ0) is 17.5. The van der Waals surface area contributed by atoms with Crippen molar-refractivity contribution in [3.63, 3.8) is 0 Å². The van der Waals surface area contributed by atoms with Crippen LogP contribution < -0.4 is 5.32 Å². The Morgan fingerprint density at radius 1 is 1.04 bits per heavy atom. The van der Waals surface area contributed by atoms with Gasteiger partial charge in [0.2, 0.25) is 0 Å². The van der Waals surface area contributed by atoms with Crippen LogP contribution in [-0.2, 0) is 13.1 Å². The van der Waals surface area contributed by atoms with Gasteiger partial charge in [0.05, 0.1) is 11.6 Å². The summed E-state index contributed by atoms with van der Waals surface area (Å²) in [7, 11) is 5.82. The summed E-state index contributed by atoms with van der Waals surface area (Å²) in [4.78, 5) is 16.0. The maximum atomic E-state index is 12.3. The summed E-state index contributed by atoms with van der Waals surface area (Å²) in [5, 5.41) is 11.7. The number of anilines is 1. The van der Waals surface area contributed by atoms with Crippen LogP contribution in [0.3, 0.4) is 0 Å². The highest BCUT2D eigenvalue weighted by atomic mass is 16.2. The molecule has 5 nitrogen and oxygen atoms in total. The van der Waals surface area contributed by atoms with E-state index in [-0.39, 0.29) is 6.03 Å². The van der Waals surface area contributed by atoms with Crippen LogP contribution in [0.2, 0.25) is 0 Å². The topological polar surface area (TPSA) is 59.4 Å². The van der Waals surface area contributed by atoms with Gasteiger partial charge in [0.25, 0.3) is 0 Å². The molecule has 2 aromatic carbocycles. The Kier molecular flexibility index (Phi) is 5.94. The van der Waals surface area contributed by atoms with Crippen molar-refractivity contribution in [1.29, 1.82) is 5.26 Å². The lowest BCUT2D eigenvalue weighted by atomic mass is 10.1. The van der Waals surface area contributed by atoms with Crippen LogP contribution in [0.15, 0.2) is 48.5 Å². The maximum Gasteiger partial charge on any atom is 0.321 e. The summed E-state index contributed by atoms with van der Waals surface area (Å²) in [6, 6.07) is 17.0. The lowest BCUT2D eigenvalue weighted by Crippen LogP contribution is -2.30. The molecule has 0 radical (unpaired) electrons. The second-order valence-electron chi connectivity index (χ2n) is 6.03. The summed E-state index contributed by atoms with van der Waals surface area (Å²) >= 11 is 0. The van der Waals surface area contributed by atoms with E-state index in [1.54, 1.807) is 36.2 Å². The van der Waals surface area contributed by atoms with Crippen molar-refractivity contribution < 1.29 is 4.79 Å². The minimum absolute atomic E-state index is 0.206. The maximum absolute atomic E-state index is 12.3. The average Bonchev–Trinajstić information content (AvgIpc) is 2.56. The van der Waals surface area contributed by atoms with Crippen LogP contribution in [0.5, 0.6) is 0 Å². The largest absolute Gasteiger partial charge is 0.323 e. The van der Waals surface area contributed by atoms with Gasteiger partial charge in [-0.25, -0.2) is 4.79 Å². The first kappa shape index (κ1) is 17.5. The lowest BCUT2D eigenvalue weighted by Gasteiger charge is -2.18. The van der Waals surface area contributed by atoms with Gasteiger partial charge in [-0.15, -0.1) is 0 Å². The van der Waals surface area contributed by atoms with Gasteiger partial charge in [-0.05, 0) is 43.4 Å². The van der Waals surface area contributed by atoms with Crippen molar-refractivity contribution >= 4 is 11.7 Å². The molecule has 5 heteroatoms. The predicted molar refractivity (Wildman–Crippen MR) is 95.5 cm³/mol. The normalized spacial score (nSPS) is 10.3. The minimum atomic E-state index is -0.206. The Labute approximate surface area is 143 Å². The monoisotopic (exact) mass is 322 g/mol. The highest BCUT2D eigenvalue weighted by Crippen LogP contribution is 2.12. The molecule has 0 saturated carbocycles. The van der Waals surface area contributed by atoms with Crippen LogP contribution in [0, 0.1) is 11.3 Å². The number of hydrogen-bond donors (Lipinski definition) is 1. The van der Waals surface area contributed by atoms with E-state index in [0.29, 0.717) is 17.8 Å². The summed E-state index contributed by atoms with van der Waals surface area (Å²) in [6.07, 6.45) is 0. The number of urea groups is 1. The molecule has 0 heterocycles. The van der Waals surface area contributed by atoms with E-state index in [0.717, 1.165) is 12.1 Å². The van der Waals surface area contributed by atoms with Crippen molar-refractivity contribution in [3.8, 4) is 6.07 Å². The van der Waals surface area contributed by atoms with E-state index in [1.807, 2.05) is 26.2 Å². The fourth-order valence-corrected chi connectivity index (χ4v) is 2.35. The molecule has 1 N–H and O–H groups in total. The number of amides is 2. The van der Waals surface area contributed by atoms with Crippen molar-refractivity contribution in [2.24, 2.45) is 0 Å². The molecule has 24 heavy (non-hydrogen) atoms. The Morgan fingerprint density at radius 2 is 1.67 bits per heavy atom. The van der Waals surface area contributed by atoms with Crippen molar-refractivity contribution in [1.82, 2.24) is 9.80 Å². The van der Waals surface area contributed by atoms with Crippen LogP contribution in [0.1, 0.15) is 16.7 Å². The Bertz CT molecular complexity index is 732. The Morgan fingerprint density at radius 3 is 2.25 bits per heavy atom. The third-order valence-corrected chi connectivity index (χ3v) is 3.53. The second kappa shape index (κ2) is 8.14. The van der Waals surface area contributed by atoms with E-state index in [9.17, 15) is 4.79 Å². The summed E-state index contributed by atoms with van der Waals surface area (Å²) in [5.41, 5.74) is 3.45. The third-order valence-electron chi connectivity index (χ3n) is 3.53. The molecular weight excluding hydrogens is 300 g/mol. The molecule has 124 valence electrons. The highest BCUT2D eigenvalue weighted by Gasteiger charge is 2.10. The van der Waals surface area contributed by atoms with Crippen molar-refractivity contribution in [2.45, 2.75) is 13.1 Å². The molecule has 0 aromatic heterocycles. The highest BCUT2D eigenvalue weighted by molar-refractivity contribution is 5.89. The summed E-state index contributed by atoms with van der Waals surface area (Å²) in [5.74, 6) is 0. The molecule has 2 rings (SSSR count). The van der Waals surface area contributed by atoms with E-state index in [2.05, 4.69) is 28.4 Å². The third kappa shape index (κ3) is 5.11. The molecule has 2 amide bonds. The number of carbonyl (C=O) groups excluding carboxylic acids is 1. The van der Waals surface area contributed by atoms with Crippen LogP contribution >= 0.6 is 0 Å². The smallest absolute Gasteiger partial charge is 0.321 e. The molecule has 2 aromatic rings. The molecule has 0 atom stereocenters. The van der Waals surface area contributed by atoms with Crippen LogP contribution in [-0.4, -0.2) is 37.0 Å². The van der Waals surface area contributed by atoms with Gasteiger partial charge in [0.15, 0.2) is 0 Å². The molecule has 0 saturated heterocycles. The van der Waals surface area contributed by atoms with E-state index in [4.69, 9.17) is 5.26 Å². The molecule has 0 aliphatic heterocycles. The van der Waals surface area contributed by atoms with Gasteiger partial charge in [0, 0.05) is 25.8 Å². The van der Waals surface area contributed by atoms with Crippen molar-refractivity contribution in [2.75, 3.05) is 26.5 Å². The van der Waals surface area contributed by atoms with Gasteiger partial charge >= 0.3 is 6.03 Å². The minimum Gasteiger partial charge on any atom is -0.323 e. The predicted octanol–water partition coefficient (Wildman–Crippen LogP) is 3.28. The van der Waals surface area contributed by atoms with Crippen LogP contribution in [0.4, 0.5) is 10.5 Å². The summed E-state index contributed by atoms with van der Waals surface area (Å²) < 4.78 is 0. The molecule has 0 aliphatic carbocycles. The van der Waals surface area contributed by atoms with E-state index < -0.39 is 0 Å². The average molecular weight is 322 g/mol. The Balaban J connectivity index is 1.94.